The van der Waals surface area contributed by atoms with Crippen molar-refractivity contribution in [3.63, 3.8) is 0 Å². The number of carbonyl (C=O) groups excluding carboxylic acids is 4. The molecular formula is C88H75F6N19O14. The summed E-state index contributed by atoms with van der Waals surface area (Å²) in [7, 11) is 6.61. The molecule has 1 amide bonds. The van der Waals surface area contributed by atoms with Gasteiger partial charge in [-0.25, -0.2) is 31.1 Å². The van der Waals surface area contributed by atoms with Crippen LogP contribution in [0.3, 0.4) is 0 Å². The van der Waals surface area contributed by atoms with Gasteiger partial charge in [-0.1, -0.05) is 84.9 Å². The van der Waals surface area contributed by atoms with Gasteiger partial charge < -0.3 is 35.3 Å². The number of Topliss-reactive ketones (excluding diaryl/α,β-unsaturated/α-hetero) is 3. The highest BCUT2D eigenvalue weighted by Crippen LogP contribution is 2.21. The average molecular weight is 1740 g/mol. The second-order valence-electron chi connectivity index (χ2n) is 27.2. The molecule has 0 aliphatic heterocycles. The lowest BCUT2D eigenvalue weighted by atomic mass is 10.1. The van der Waals surface area contributed by atoms with Crippen LogP contribution in [-0.4, -0.2) is 143 Å². The van der Waals surface area contributed by atoms with Gasteiger partial charge in [0.15, 0.2) is 34.0 Å². The Morgan fingerprint density at radius 3 is 1.10 bits per heavy atom. The van der Waals surface area contributed by atoms with Gasteiger partial charge in [0.1, 0.15) is 62.8 Å². The summed E-state index contributed by atoms with van der Waals surface area (Å²) in [4.78, 5) is 120. The Labute approximate surface area is 713 Å². The minimum atomic E-state index is -1.34. The highest BCUT2D eigenvalue weighted by Gasteiger charge is 2.23. The number of aliphatic carboxylic acids is 1. The summed E-state index contributed by atoms with van der Waals surface area (Å²) in [6.07, 6.45) is 7.94. The second kappa shape index (κ2) is 44.4. The van der Waals surface area contributed by atoms with Crippen LogP contribution in [0.4, 0.5) is 26.3 Å². The molecular weight excluding hydrogens is 1660 g/mol. The third kappa shape index (κ3) is 26.0. The van der Waals surface area contributed by atoms with Crippen molar-refractivity contribution in [2.24, 2.45) is 39.1 Å². The molecule has 0 aliphatic rings. The van der Waals surface area contributed by atoms with Gasteiger partial charge in [0.25, 0.3) is 17.7 Å². The zero-order chi connectivity index (χ0) is 91.4. The lowest BCUT2D eigenvalue weighted by Gasteiger charge is -2.07. The number of nitrogens with zero attached hydrogens (tertiary/aromatic N) is 17. The summed E-state index contributed by atoms with van der Waals surface area (Å²) >= 11 is 0. The molecule has 10 aromatic heterocycles. The number of aromatic carboxylic acids is 1. The van der Waals surface area contributed by atoms with E-state index < -0.39 is 34.4 Å². The fourth-order valence-electron chi connectivity index (χ4n) is 11.6. The molecule has 0 saturated carbocycles. The molecule has 39 heteroatoms. The largest absolute Gasteiger partial charge is 0.481 e. The SMILES string of the molecule is CCC(=O)Cc1ccc(F)cc1.Cn1nc(-c2nnc(Cc3ccc(F)cc3)o2)c(=NO)c2ncccc21.Cn1nc(-c2nnc(Cc3ccc(F)cc3)o2)c(=O)c2ncccc21.Cn1nc(C(=O)NCC(=O)Cc2ccc(F)cc2)c(=O)c2ncccc21.Cn1nc(C(=O)O)c(=O)c2ncccc21.NCC(=O)Cc1ccc(F)cc1.O=C(O)Cc1ccc(F)cc1. The molecule has 0 aliphatic carbocycles. The first kappa shape index (κ1) is 92.8. The minimum Gasteiger partial charge on any atom is -0.481 e. The third-order valence-electron chi connectivity index (χ3n) is 18.0. The van der Waals surface area contributed by atoms with Crippen molar-refractivity contribution in [3.05, 3.63) is 346 Å². The molecule has 16 aromatic rings. The number of carbonyl (C=O) groups is 6. The quantitative estimate of drug-likeness (QED) is 0.0269. The molecule has 0 atom stereocenters. The molecule has 0 saturated heterocycles. The maximum absolute atomic E-state index is 13.0. The number of hydrogen-bond donors (Lipinski definition) is 5. The highest BCUT2D eigenvalue weighted by atomic mass is 19.1. The highest BCUT2D eigenvalue weighted by molar-refractivity contribution is 5.97. The number of carboxylic acids is 2. The number of aryl methyl sites for hydroxylation is 4. The van der Waals surface area contributed by atoms with E-state index in [2.05, 4.69) is 71.2 Å². The molecule has 10 heterocycles. The predicted molar refractivity (Wildman–Crippen MR) is 447 cm³/mol. The molecule has 33 nitrogen and oxygen atoms in total. The van der Waals surface area contributed by atoms with E-state index in [1.807, 2.05) is 13.0 Å². The number of halogens is 6. The number of nitrogens with one attached hydrogen (secondary N) is 1. The zero-order valence-corrected chi connectivity index (χ0v) is 67.9. The van der Waals surface area contributed by atoms with Crippen LogP contribution < -0.4 is 32.7 Å². The number of fused-ring (bicyclic) bond motifs is 4. The van der Waals surface area contributed by atoms with Gasteiger partial charge in [-0.3, -0.25) is 77.0 Å². The molecule has 0 radical (unpaired) electrons. The number of pyridine rings is 4. The molecule has 0 spiro atoms. The van der Waals surface area contributed by atoms with Gasteiger partial charge in [0, 0.05) is 78.7 Å². The molecule has 16 rings (SSSR count). The summed E-state index contributed by atoms with van der Waals surface area (Å²) in [6, 6.07) is 48.5. The molecule has 6 aromatic carbocycles. The topological polar surface area (TPSA) is 465 Å². The third-order valence-corrected chi connectivity index (χ3v) is 18.0. The van der Waals surface area contributed by atoms with Gasteiger partial charge in [-0.2, -0.15) is 20.4 Å². The van der Waals surface area contributed by atoms with E-state index in [9.17, 15) is 74.7 Å². The standard InChI is InChI=1S/C18H15FN4O3.C17H13FN6O2.C17H12FN5O2.C10H11FO.C9H10FNO.C9H7N3O3.C8H7FO2/c1-23-14-3-2-8-20-15(14)17(25)16(22-23)18(26)21-10-13(24)9-11-4-6-12(19)7-5-11;1-24-12-3-2-8-19-14(12)15(23-25)16(22-24)17-21-20-13(26-17)9-10-4-6-11(18)7-5-10;1-23-12-3-2-8-19-14(12)16(24)15(22-23)17-21-20-13(25-17)9-10-4-6-11(18)7-5-10;1-2-10(12)7-8-3-5-9(11)6-4-8;10-8-3-1-7(2-4-8)5-9(12)6-11;1-12-5-3-2-4-10-6(5)8(13)7(11-12)9(14)15;9-7-3-1-6(2-4-7)5-8(10)11/h2-8H,9-10H2,1H3,(H,21,26);2-8,25H,9H2,1H3;2-8H,9H2,1H3;3-6H,2,7H2,1H3;1-4H,5-6,11H2;2-4H,1H3,(H,14,15);1-4H,5H2,(H,10,11). The maximum atomic E-state index is 13.0. The van der Waals surface area contributed by atoms with Crippen molar-refractivity contribution < 1.29 is 79.4 Å². The summed E-state index contributed by atoms with van der Waals surface area (Å²) < 4.78 is 93.0. The summed E-state index contributed by atoms with van der Waals surface area (Å²) in [5.41, 5.74) is 10.8. The minimum absolute atomic E-state index is 0.0327. The maximum Gasteiger partial charge on any atom is 0.360 e. The van der Waals surface area contributed by atoms with E-state index in [4.69, 9.17) is 24.8 Å². The molecule has 127 heavy (non-hydrogen) atoms. The first-order chi connectivity index (χ1) is 60.9. The van der Waals surface area contributed by atoms with E-state index in [1.54, 1.807) is 141 Å². The van der Waals surface area contributed by atoms with Gasteiger partial charge in [0.05, 0.1) is 54.4 Å². The number of carboxylic acid groups (broad SMARTS) is 2. The number of rotatable bonds is 20. The van der Waals surface area contributed by atoms with Gasteiger partial charge in [-0.05, 0) is 155 Å². The molecule has 648 valence electrons. The lowest BCUT2D eigenvalue weighted by Crippen LogP contribution is -2.35. The molecule has 0 unspecified atom stereocenters. The number of aromatic nitrogens is 16. The van der Waals surface area contributed by atoms with Gasteiger partial charge >= 0.3 is 11.9 Å². The van der Waals surface area contributed by atoms with Crippen molar-refractivity contribution in [2.75, 3.05) is 13.1 Å². The fraction of sp³-hybridized carbons (Fsp3) is 0.159. The monoisotopic (exact) mass is 1740 g/mol. The van der Waals surface area contributed by atoms with Crippen molar-refractivity contribution in [1.82, 2.24) is 84.8 Å². The fourth-order valence-corrected chi connectivity index (χ4v) is 11.6. The van der Waals surface area contributed by atoms with Crippen LogP contribution in [-0.2, 0) is 85.9 Å². The van der Waals surface area contributed by atoms with E-state index in [0.717, 1.165) is 22.3 Å². The summed E-state index contributed by atoms with van der Waals surface area (Å²) in [6.45, 7) is 1.60. The first-order valence-electron chi connectivity index (χ1n) is 38.0. The summed E-state index contributed by atoms with van der Waals surface area (Å²) in [5.74, 6) is -4.26. The van der Waals surface area contributed by atoms with Crippen molar-refractivity contribution in [1.29, 1.82) is 0 Å². The van der Waals surface area contributed by atoms with Crippen LogP contribution in [0.1, 0.15) is 79.5 Å². The molecule has 0 fully saturated rings. The number of amides is 1. The average Bonchev–Trinajstić information content (AvgIpc) is 0.980. The Morgan fingerprint density at radius 1 is 0.402 bits per heavy atom. The van der Waals surface area contributed by atoms with E-state index >= 15 is 0 Å². The van der Waals surface area contributed by atoms with E-state index in [-0.39, 0.29) is 141 Å². The Hall–Kier alpha value is -16.5. The first-order valence-corrected chi connectivity index (χ1v) is 38.0. The van der Waals surface area contributed by atoms with Crippen LogP contribution in [0.25, 0.3) is 67.3 Å². The molecule has 0 bridgehead atoms. The Kier molecular flexibility index (Phi) is 32.4. The second-order valence-corrected chi connectivity index (χ2v) is 27.2. The van der Waals surface area contributed by atoms with E-state index in [1.165, 1.54) is 119 Å². The Balaban J connectivity index is 0.000000159. The van der Waals surface area contributed by atoms with E-state index in [0.29, 0.717) is 76.2 Å². The number of nitrogens with two attached hydrogens (primary N) is 1. The normalized spacial score (nSPS) is 10.8. The van der Waals surface area contributed by atoms with Crippen LogP contribution in [0.5, 0.6) is 0 Å². The number of benzene rings is 6. The van der Waals surface area contributed by atoms with Crippen LogP contribution >= 0.6 is 0 Å². The smallest absolute Gasteiger partial charge is 0.360 e. The van der Waals surface area contributed by atoms with Crippen LogP contribution in [0.2, 0.25) is 0 Å². The van der Waals surface area contributed by atoms with Crippen LogP contribution in [0.15, 0.2) is 247 Å². The lowest BCUT2D eigenvalue weighted by molar-refractivity contribution is -0.136. The number of ketones is 3. The summed E-state index contributed by atoms with van der Waals surface area (Å²) in [5, 5.41) is 64.4. The molecule has 6 N–H and O–H groups in total. The zero-order valence-electron chi connectivity index (χ0n) is 67.9. The van der Waals surface area contributed by atoms with Crippen molar-refractivity contribution in [3.8, 4) is 23.2 Å². The van der Waals surface area contributed by atoms with Gasteiger partial charge in [-0.15, -0.1) is 20.4 Å². The van der Waals surface area contributed by atoms with Crippen molar-refractivity contribution >= 4 is 79.3 Å². The Morgan fingerprint density at radius 2 is 0.724 bits per heavy atom. The van der Waals surface area contributed by atoms with Crippen molar-refractivity contribution in [2.45, 2.75) is 51.9 Å². The number of hydrogen-bond acceptors (Lipinski definition) is 26. The Bertz CT molecular complexity index is 6820. The van der Waals surface area contributed by atoms with Gasteiger partial charge in [0.2, 0.25) is 33.8 Å². The van der Waals surface area contributed by atoms with Crippen LogP contribution in [0, 0.1) is 34.9 Å². The predicted octanol–water partition coefficient (Wildman–Crippen LogP) is 9.88.